The zero-order chi connectivity index (χ0) is 19.0. The van der Waals surface area contributed by atoms with Gasteiger partial charge < -0.3 is 4.90 Å². The molecule has 2 aromatic heterocycles. The maximum absolute atomic E-state index is 13.5. The van der Waals surface area contributed by atoms with E-state index in [0.29, 0.717) is 24.6 Å². The van der Waals surface area contributed by atoms with Gasteiger partial charge in [0.25, 0.3) is 0 Å². The van der Waals surface area contributed by atoms with Crippen molar-refractivity contribution in [2.24, 2.45) is 0 Å². The first-order valence-corrected chi connectivity index (χ1v) is 8.89. The second-order valence-corrected chi connectivity index (χ2v) is 6.88. The Morgan fingerprint density at radius 1 is 1.30 bits per heavy atom. The molecule has 0 spiro atoms. The molecule has 8 heteroatoms. The molecule has 0 aliphatic carbocycles. The van der Waals surface area contributed by atoms with E-state index >= 15 is 0 Å². The second kappa shape index (κ2) is 6.86. The van der Waals surface area contributed by atoms with E-state index in [1.807, 2.05) is 30.9 Å². The van der Waals surface area contributed by atoms with Crippen LogP contribution in [0.2, 0.25) is 0 Å². The molecule has 1 aliphatic rings. The van der Waals surface area contributed by atoms with Crippen molar-refractivity contribution in [2.45, 2.75) is 26.3 Å². The lowest BCUT2D eigenvalue weighted by Crippen LogP contribution is -2.33. The molecular formula is C19H21FN6O. The summed E-state index contributed by atoms with van der Waals surface area (Å²) in [5.41, 5.74) is 2.53. The molecule has 1 aliphatic heterocycles. The number of halogens is 1. The van der Waals surface area contributed by atoms with E-state index in [4.69, 9.17) is 0 Å². The third kappa shape index (κ3) is 3.55. The molecular weight excluding hydrogens is 347 g/mol. The molecule has 3 heterocycles. The van der Waals surface area contributed by atoms with E-state index in [2.05, 4.69) is 15.5 Å². The molecule has 27 heavy (non-hydrogen) atoms. The zero-order valence-corrected chi connectivity index (χ0v) is 15.3. The number of urea groups is 1. The molecule has 0 bridgehead atoms. The van der Waals surface area contributed by atoms with Crippen molar-refractivity contribution in [3.8, 4) is 5.69 Å². The Bertz CT molecular complexity index is 978. The molecule has 4 rings (SSSR count). The minimum absolute atomic E-state index is 0.190. The number of anilines is 1. The molecule has 0 radical (unpaired) electrons. The number of hydrogen-bond donors (Lipinski definition) is 1. The smallest absolute Gasteiger partial charge is 0.322 e. The highest BCUT2D eigenvalue weighted by atomic mass is 19.1. The lowest BCUT2D eigenvalue weighted by molar-refractivity contribution is 0.220. The maximum Gasteiger partial charge on any atom is 0.323 e. The van der Waals surface area contributed by atoms with Crippen LogP contribution in [0.3, 0.4) is 0 Å². The minimum Gasteiger partial charge on any atom is -0.322 e. The SMILES string of the molecule is Cc1cnn(C2CCN(C(=O)Nc3cc(C)n(-c4cccc(F)c4)n3)C2)c1. The topological polar surface area (TPSA) is 68.0 Å². The van der Waals surface area contributed by atoms with Crippen LogP contribution in [0.15, 0.2) is 42.7 Å². The first-order chi connectivity index (χ1) is 13.0. The lowest BCUT2D eigenvalue weighted by atomic mass is 10.3. The summed E-state index contributed by atoms with van der Waals surface area (Å²) < 4.78 is 17.0. The summed E-state index contributed by atoms with van der Waals surface area (Å²) in [5.74, 6) is 0.116. The summed E-state index contributed by atoms with van der Waals surface area (Å²) in [7, 11) is 0. The minimum atomic E-state index is -0.329. The normalized spacial score (nSPS) is 16.7. The van der Waals surface area contributed by atoms with Crippen molar-refractivity contribution in [1.29, 1.82) is 0 Å². The van der Waals surface area contributed by atoms with E-state index < -0.39 is 0 Å². The van der Waals surface area contributed by atoms with Gasteiger partial charge in [-0.3, -0.25) is 10.00 Å². The van der Waals surface area contributed by atoms with Crippen LogP contribution in [0, 0.1) is 19.7 Å². The number of aromatic nitrogens is 4. The molecule has 1 atom stereocenters. The van der Waals surface area contributed by atoms with Crippen LogP contribution in [0.4, 0.5) is 15.0 Å². The number of carbonyl (C=O) groups excluding carboxylic acids is 1. The predicted octanol–water partition coefficient (Wildman–Crippen LogP) is 3.30. The van der Waals surface area contributed by atoms with Crippen molar-refractivity contribution < 1.29 is 9.18 Å². The fourth-order valence-electron chi connectivity index (χ4n) is 3.37. The van der Waals surface area contributed by atoms with Gasteiger partial charge in [-0.05, 0) is 44.0 Å². The van der Waals surface area contributed by atoms with Gasteiger partial charge in [0.05, 0.1) is 17.9 Å². The van der Waals surface area contributed by atoms with Gasteiger partial charge in [0.15, 0.2) is 5.82 Å². The van der Waals surface area contributed by atoms with E-state index in [0.717, 1.165) is 17.7 Å². The Balaban J connectivity index is 1.44. The number of aryl methyl sites for hydroxylation is 2. The standard InChI is InChI=1S/C19H21FN6O/c1-13-10-21-25(11-13)17-6-7-24(12-17)19(27)22-18-8-14(2)26(23-18)16-5-3-4-15(20)9-16/h3-5,8-11,17H,6-7,12H2,1-2H3,(H,22,23,27). The van der Waals surface area contributed by atoms with Crippen molar-refractivity contribution in [3.63, 3.8) is 0 Å². The quantitative estimate of drug-likeness (QED) is 0.771. The summed E-state index contributed by atoms with van der Waals surface area (Å²) in [5, 5.41) is 11.6. The van der Waals surface area contributed by atoms with Crippen LogP contribution >= 0.6 is 0 Å². The highest BCUT2D eigenvalue weighted by Gasteiger charge is 2.28. The van der Waals surface area contributed by atoms with Gasteiger partial charge in [0.2, 0.25) is 0 Å². The lowest BCUT2D eigenvalue weighted by Gasteiger charge is -2.16. The number of amides is 2. The van der Waals surface area contributed by atoms with Gasteiger partial charge in [0.1, 0.15) is 5.82 Å². The average molecular weight is 368 g/mol. The summed E-state index contributed by atoms with van der Waals surface area (Å²) in [6, 6.07) is 7.96. The molecule has 1 aromatic carbocycles. The molecule has 1 N–H and O–H groups in total. The Labute approximate surface area is 156 Å². The van der Waals surface area contributed by atoms with Gasteiger partial charge in [-0.15, -0.1) is 5.10 Å². The molecule has 0 saturated carbocycles. The van der Waals surface area contributed by atoms with Gasteiger partial charge in [-0.1, -0.05) is 6.07 Å². The second-order valence-electron chi connectivity index (χ2n) is 6.88. The summed E-state index contributed by atoms with van der Waals surface area (Å²) in [4.78, 5) is 14.3. The highest BCUT2D eigenvalue weighted by molar-refractivity contribution is 5.88. The first-order valence-electron chi connectivity index (χ1n) is 8.89. The van der Waals surface area contributed by atoms with Crippen LogP contribution in [-0.2, 0) is 0 Å². The third-order valence-corrected chi connectivity index (χ3v) is 4.73. The van der Waals surface area contributed by atoms with Crippen LogP contribution in [-0.4, -0.2) is 43.6 Å². The van der Waals surface area contributed by atoms with Crippen LogP contribution < -0.4 is 5.32 Å². The van der Waals surface area contributed by atoms with Gasteiger partial charge >= 0.3 is 6.03 Å². The predicted molar refractivity (Wildman–Crippen MR) is 99.5 cm³/mol. The Morgan fingerprint density at radius 3 is 2.89 bits per heavy atom. The van der Waals surface area contributed by atoms with E-state index in [-0.39, 0.29) is 17.9 Å². The fraction of sp³-hybridized carbons (Fsp3) is 0.316. The fourth-order valence-corrected chi connectivity index (χ4v) is 3.37. The van der Waals surface area contributed by atoms with Gasteiger partial charge in [-0.2, -0.15) is 5.10 Å². The Morgan fingerprint density at radius 2 is 2.15 bits per heavy atom. The summed E-state index contributed by atoms with van der Waals surface area (Å²) >= 11 is 0. The van der Waals surface area contributed by atoms with Gasteiger partial charge in [0, 0.05) is 31.0 Å². The number of rotatable bonds is 3. The van der Waals surface area contributed by atoms with Crippen molar-refractivity contribution in [1.82, 2.24) is 24.5 Å². The number of nitrogens with one attached hydrogen (secondary N) is 1. The number of benzene rings is 1. The molecule has 7 nitrogen and oxygen atoms in total. The van der Waals surface area contributed by atoms with E-state index in [1.165, 1.54) is 12.1 Å². The molecule has 1 saturated heterocycles. The Hall–Kier alpha value is -3.16. The number of carbonyl (C=O) groups is 1. The molecule has 1 fully saturated rings. The maximum atomic E-state index is 13.5. The highest BCUT2D eigenvalue weighted by Crippen LogP contribution is 2.22. The van der Waals surface area contributed by atoms with Crippen molar-refractivity contribution in [3.05, 3.63) is 59.8 Å². The number of hydrogen-bond acceptors (Lipinski definition) is 3. The average Bonchev–Trinajstić information content (AvgIpc) is 3.34. The zero-order valence-electron chi connectivity index (χ0n) is 15.3. The van der Waals surface area contributed by atoms with Gasteiger partial charge in [-0.25, -0.2) is 13.9 Å². The molecule has 140 valence electrons. The van der Waals surface area contributed by atoms with Crippen LogP contribution in [0.1, 0.15) is 23.7 Å². The van der Waals surface area contributed by atoms with Crippen LogP contribution in [0.25, 0.3) is 5.69 Å². The summed E-state index contributed by atoms with van der Waals surface area (Å²) in [6.07, 6.45) is 4.69. The van der Waals surface area contributed by atoms with Crippen molar-refractivity contribution >= 4 is 11.8 Å². The number of nitrogens with zero attached hydrogens (tertiary/aromatic N) is 5. The van der Waals surface area contributed by atoms with E-state index in [1.54, 1.807) is 27.8 Å². The number of likely N-dealkylation sites (tertiary alicyclic amines) is 1. The van der Waals surface area contributed by atoms with Crippen molar-refractivity contribution in [2.75, 3.05) is 18.4 Å². The van der Waals surface area contributed by atoms with Crippen LogP contribution in [0.5, 0.6) is 0 Å². The largest absolute Gasteiger partial charge is 0.323 e. The van der Waals surface area contributed by atoms with E-state index in [9.17, 15) is 9.18 Å². The Kier molecular flexibility index (Phi) is 4.39. The summed E-state index contributed by atoms with van der Waals surface area (Å²) in [6.45, 7) is 5.13. The molecule has 2 amide bonds. The molecule has 3 aromatic rings. The molecule has 1 unspecified atom stereocenters. The first kappa shape index (κ1) is 17.3. The monoisotopic (exact) mass is 368 g/mol. The third-order valence-electron chi connectivity index (χ3n) is 4.73.